The van der Waals surface area contributed by atoms with E-state index >= 15 is 0 Å². The molecule has 0 bridgehead atoms. The monoisotopic (exact) mass is 177 g/mol. The lowest BCUT2D eigenvalue weighted by molar-refractivity contribution is 0.405. The number of hydrogen-bond donors (Lipinski definition) is 1. The molecular formula is C10H11NO2. The predicted molar refractivity (Wildman–Crippen MR) is 51.4 cm³/mol. The summed E-state index contributed by atoms with van der Waals surface area (Å²) in [7, 11) is 3.30. The van der Waals surface area contributed by atoms with Gasteiger partial charge in [-0.25, -0.2) is 0 Å². The molecule has 0 saturated carbocycles. The molecular weight excluding hydrogens is 166 g/mol. The van der Waals surface area contributed by atoms with Crippen molar-refractivity contribution in [3.63, 3.8) is 0 Å². The fourth-order valence-corrected chi connectivity index (χ4v) is 1.45. The average molecular weight is 177 g/mol. The van der Waals surface area contributed by atoms with Crippen LogP contribution in [0.2, 0.25) is 0 Å². The Balaban J connectivity index is 2.76. The van der Waals surface area contributed by atoms with E-state index in [9.17, 15) is 0 Å². The first-order chi connectivity index (χ1) is 6.36. The highest BCUT2D eigenvalue weighted by Crippen LogP contribution is 2.33. The van der Waals surface area contributed by atoms with Crippen LogP contribution in [0, 0.1) is 0 Å². The van der Waals surface area contributed by atoms with Crippen molar-refractivity contribution < 1.29 is 9.47 Å². The lowest BCUT2D eigenvalue weighted by atomic mass is 10.2. The molecule has 13 heavy (non-hydrogen) atoms. The molecule has 1 aromatic heterocycles. The zero-order chi connectivity index (χ0) is 9.26. The van der Waals surface area contributed by atoms with Gasteiger partial charge >= 0.3 is 0 Å². The lowest BCUT2D eigenvalue weighted by Crippen LogP contribution is -1.85. The Hall–Kier alpha value is -1.64. The van der Waals surface area contributed by atoms with Gasteiger partial charge in [-0.2, -0.15) is 0 Å². The van der Waals surface area contributed by atoms with Crippen LogP contribution in [0.1, 0.15) is 0 Å². The maximum absolute atomic E-state index is 5.23. The van der Waals surface area contributed by atoms with Crippen LogP contribution in [0.15, 0.2) is 24.4 Å². The second-order valence-corrected chi connectivity index (χ2v) is 2.74. The van der Waals surface area contributed by atoms with Crippen molar-refractivity contribution in [3.05, 3.63) is 24.4 Å². The van der Waals surface area contributed by atoms with Crippen molar-refractivity contribution in [3.8, 4) is 11.5 Å². The van der Waals surface area contributed by atoms with Crippen LogP contribution in [0.5, 0.6) is 11.5 Å². The minimum atomic E-state index is 0.812. The first kappa shape index (κ1) is 7.98. The highest BCUT2D eigenvalue weighted by atomic mass is 16.5. The number of methoxy groups -OCH3 is 2. The second-order valence-electron chi connectivity index (χ2n) is 2.74. The van der Waals surface area contributed by atoms with Gasteiger partial charge in [-0.05, 0) is 12.1 Å². The van der Waals surface area contributed by atoms with Crippen LogP contribution < -0.4 is 9.47 Å². The molecule has 3 heteroatoms. The van der Waals surface area contributed by atoms with E-state index in [1.54, 1.807) is 14.2 Å². The standard InChI is InChI=1S/C10H11NO2/c1-12-8-5-3-4-7-10(8)9(13-2)6-11-7/h3-6,11H,1-2H3. The molecule has 1 N–H and O–H groups in total. The summed E-state index contributed by atoms with van der Waals surface area (Å²) in [6.45, 7) is 0. The van der Waals surface area contributed by atoms with Gasteiger partial charge in [0.25, 0.3) is 0 Å². The summed E-state index contributed by atoms with van der Waals surface area (Å²) < 4.78 is 10.4. The number of rotatable bonds is 2. The van der Waals surface area contributed by atoms with Gasteiger partial charge in [0.1, 0.15) is 11.5 Å². The molecule has 0 unspecified atom stereocenters. The first-order valence-electron chi connectivity index (χ1n) is 4.05. The summed E-state index contributed by atoms with van der Waals surface area (Å²) >= 11 is 0. The molecule has 0 saturated heterocycles. The molecule has 0 amide bonds. The third kappa shape index (κ3) is 1.13. The van der Waals surface area contributed by atoms with Crippen LogP contribution in [0.25, 0.3) is 10.9 Å². The van der Waals surface area contributed by atoms with Crippen molar-refractivity contribution in [1.82, 2.24) is 4.98 Å². The number of aromatic amines is 1. The Morgan fingerprint density at radius 1 is 1.08 bits per heavy atom. The SMILES string of the molecule is COc1cccc2[nH]cc(OC)c12. The van der Waals surface area contributed by atoms with Gasteiger partial charge in [0, 0.05) is 6.20 Å². The van der Waals surface area contributed by atoms with Crippen LogP contribution >= 0.6 is 0 Å². The van der Waals surface area contributed by atoms with Gasteiger partial charge in [0.05, 0.1) is 25.1 Å². The van der Waals surface area contributed by atoms with Crippen molar-refractivity contribution in [2.24, 2.45) is 0 Å². The number of aromatic nitrogens is 1. The molecule has 2 aromatic rings. The molecule has 0 spiro atoms. The van der Waals surface area contributed by atoms with Crippen LogP contribution in [-0.2, 0) is 0 Å². The summed E-state index contributed by atoms with van der Waals surface area (Å²) in [4.78, 5) is 3.11. The summed E-state index contributed by atoms with van der Waals surface area (Å²) in [5, 5.41) is 0.993. The summed E-state index contributed by atoms with van der Waals surface area (Å²) in [5.74, 6) is 1.64. The van der Waals surface area contributed by atoms with Gasteiger partial charge in [-0.3, -0.25) is 0 Å². The molecule has 1 aromatic carbocycles. The molecule has 2 rings (SSSR count). The average Bonchev–Trinajstić information content (AvgIpc) is 2.60. The third-order valence-corrected chi connectivity index (χ3v) is 2.07. The van der Waals surface area contributed by atoms with Gasteiger partial charge in [-0.15, -0.1) is 0 Å². The fraction of sp³-hybridized carbons (Fsp3) is 0.200. The van der Waals surface area contributed by atoms with E-state index in [0.717, 1.165) is 22.4 Å². The largest absolute Gasteiger partial charge is 0.496 e. The van der Waals surface area contributed by atoms with E-state index in [-0.39, 0.29) is 0 Å². The third-order valence-electron chi connectivity index (χ3n) is 2.07. The smallest absolute Gasteiger partial charge is 0.147 e. The maximum atomic E-state index is 5.23. The van der Waals surface area contributed by atoms with Crippen molar-refractivity contribution in [1.29, 1.82) is 0 Å². The van der Waals surface area contributed by atoms with E-state index in [4.69, 9.17) is 9.47 Å². The fourth-order valence-electron chi connectivity index (χ4n) is 1.45. The molecule has 68 valence electrons. The van der Waals surface area contributed by atoms with E-state index in [2.05, 4.69) is 4.98 Å². The molecule has 0 radical (unpaired) electrons. The predicted octanol–water partition coefficient (Wildman–Crippen LogP) is 2.19. The first-order valence-corrected chi connectivity index (χ1v) is 4.05. The van der Waals surface area contributed by atoms with Crippen molar-refractivity contribution >= 4 is 10.9 Å². The zero-order valence-corrected chi connectivity index (χ0v) is 7.63. The molecule has 0 aliphatic heterocycles. The van der Waals surface area contributed by atoms with E-state index in [1.807, 2.05) is 24.4 Å². The normalized spacial score (nSPS) is 10.3. The minimum absolute atomic E-state index is 0.812. The molecule has 1 heterocycles. The zero-order valence-electron chi connectivity index (χ0n) is 7.63. The topological polar surface area (TPSA) is 34.2 Å². The summed E-state index contributed by atoms with van der Waals surface area (Å²) in [6.07, 6.45) is 1.83. The van der Waals surface area contributed by atoms with Crippen LogP contribution in [0.4, 0.5) is 0 Å². The molecule has 0 aliphatic rings. The molecule has 0 fully saturated rings. The van der Waals surface area contributed by atoms with Crippen molar-refractivity contribution in [2.45, 2.75) is 0 Å². The van der Waals surface area contributed by atoms with Crippen molar-refractivity contribution in [2.75, 3.05) is 14.2 Å². The summed E-state index contributed by atoms with van der Waals surface area (Å²) in [6, 6.07) is 5.84. The Labute approximate surface area is 76.3 Å². The number of fused-ring (bicyclic) bond motifs is 1. The second kappa shape index (κ2) is 3.01. The highest BCUT2D eigenvalue weighted by molar-refractivity contribution is 5.91. The number of ether oxygens (including phenoxy) is 2. The molecule has 0 aliphatic carbocycles. The minimum Gasteiger partial charge on any atom is -0.496 e. The Morgan fingerprint density at radius 2 is 1.85 bits per heavy atom. The molecule has 3 nitrogen and oxygen atoms in total. The Bertz CT molecular complexity index is 420. The number of H-pyrrole nitrogens is 1. The number of nitrogens with one attached hydrogen (secondary N) is 1. The van der Waals surface area contributed by atoms with E-state index in [0.29, 0.717) is 0 Å². The maximum Gasteiger partial charge on any atom is 0.147 e. The van der Waals surface area contributed by atoms with Crippen LogP contribution in [-0.4, -0.2) is 19.2 Å². The lowest BCUT2D eigenvalue weighted by Gasteiger charge is -2.02. The van der Waals surface area contributed by atoms with E-state index in [1.165, 1.54) is 0 Å². The number of hydrogen-bond acceptors (Lipinski definition) is 2. The van der Waals surface area contributed by atoms with Gasteiger partial charge in [-0.1, -0.05) is 6.07 Å². The number of benzene rings is 1. The van der Waals surface area contributed by atoms with Crippen LogP contribution in [0.3, 0.4) is 0 Å². The van der Waals surface area contributed by atoms with E-state index < -0.39 is 0 Å². The van der Waals surface area contributed by atoms with Gasteiger partial charge < -0.3 is 14.5 Å². The Kier molecular flexibility index (Phi) is 1.85. The van der Waals surface area contributed by atoms with Gasteiger partial charge in [0.15, 0.2) is 0 Å². The quantitative estimate of drug-likeness (QED) is 0.762. The Morgan fingerprint density at radius 3 is 2.54 bits per heavy atom. The summed E-state index contributed by atoms with van der Waals surface area (Å²) in [5.41, 5.74) is 1.02. The highest BCUT2D eigenvalue weighted by Gasteiger charge is 2.08. The van der Waals surface area contributed by atoms with Gasteiger partial charge in [0.2, 0.25) is 0 Å². The molecule has 0 atom stereocenters.